The first-order valence-electron chi connectivity index (χ1n) is 6.96. The number of halogens is 1. The van der Waals surface area contributed by atoms with Crippen LogP contribution in [0, 0.1) is 5.82 Å². The Labute approximate surface area is 114 Å². The first kappa shape index (κ1) is 14.4. The van der Waals surface area contributed by atoms with Crippen LogP contribution in [0.25, 0.3) is 0 Å². The van der Waals surface area contributed by atoms with Crippen LogP contribution in [0.2, 0.25) is 0 Å². The predicted molar refractivity (Wildman–Crippen MR) is 76.1 cm³/mol. The van der Waals surface area contributed by atoms with E-state index < -0.39 is 0 Å². The summed E-state index contributed by atoms with van der Waals surface area (Å²) in [5.74, 6) is 5.61. The normalized spacial score (nSPS) is 19.8. The number of rotatable bonds is 5. The SMILES string of the molecule is CN(C)C1(C(Cc2cccc(F)c2)NN)CCCC1. The maximum atomic E-state index is 13.3. The molecule has 1 aromatic carbocycles. The van der Waals surface area contributed by atoms with Gasteiger partial charge < -0.3 is 4.90 Å². The van der Waals surface area contributed by atoms with Crippen molar-refractivity contribution in [2.45, 2.75) is 43.7 Å². The fourth-order valence-corrected chi connectivity index (χ4v) is 3.40. The van der Waals surface area contributed by atoms with Gasteiger partial charge in [0.25, 0.3) is 0 Å². The maximum Gasteiger partial charge on any atom is 0.123 e. The summed E-state index contributed by atoms with van der Waals surface area (Å²) in [6.45, 7) is 0. The molecule has 1 atom stereocenters. The van der Waals surface area contributed by atoms with E-state index in [1.807, 2.05) is 6.07 Å². The zero-order valence-electron chi connectivity index (χ0n) is 11.8. The highest BCUT2D eigenvalue weighted by atomic mass is 19.1. The quantitative estimate of drug-likeness (QED) is 0.632. The van der Waals surface area contributed by atoms with Crippen molar-refractivity contribution in [3.63, 3.8) is 0 Å². The minimum Gasteiger partial charge on any atom is -0.302 e. The monoisotopic (exact) mass is 265 g/mol. The molecule has 1 aromatic rings. The molecule has 0 aliphatic heterocycles. The van der Waals surface area contributed by atoms with E-state index in [1.54, 1.807) is 12.1 Å². The number of hydrazine groups is 1. The number of nitrogens with one attached hydrogen (secondary N) is 1. The molecular formula is C15H24FN3. The van der Waals surface area contributed by atoms with Crippen molar-refractivity contribution < 1.29 is 4.39 Å². The van der Waals surface area contributed by atoms with Crippen LogP contribution >= 0.6 is 0 Å². The van der Waals surface area contributed by atoms with Gasteiger partial charge in [-0.3, -0.25) is 11.3 Å². The van der Waals surface area contributed by atoms with E-state index in [0.717, 1.165) is 24.8 Å². The lowest BCUT2D eigenvalue weighted by Gasteiger charge is -2.43. The fourth-order valence-electron chi connectivity index (χ4n) is 3.40. The third-order valence-corrected chi connectivity index (χ3v) is 4.54. The summed E-state index contributed by atoms with van der Waals surface area (Å²) in [4.78, 5) is 2.28. The largest absolute Gasteiger partial charge is 0.302 e. The third kappa shape index (κ3) is 2.96. The number of hydrogen-bond donors (Lipinski definition) is 2. The molecule has 1 unspecified atom stereocenters. The van der Waals surface area contributed by atoms with Crippen LogP contribution in [-0.4, -0.2) is 30.6 Å². The second kappa shape index (κ2) is 5.99. The summed E-state index contributed by atoms with van der Waals surface area (Å²) < 4.78 is 13.3. The smallest absolute Gasteiger partial charge is 0.123 e. The van der Waals surface area contributed by atoms with Crippen LogP contribution in [0.15, 0.2) is 24.3 Å². The Hall–Kier alpha value is -0.970. The summed E-state index contributed by atoms with van der Waals surface area (Å²) in [5, 5.41) is 0. The van der Waals surface area contributed by atoms with Gasteiger partial charge in [-0.1, -0.05) is 25.0 Å². The summed E-state index contributed by atoms with van der Waals surface area (Å²) in [7, 11) is 4.22. The minimum atomic E-state index is -0.182. The minimum absolute atomic E-state index is 0.0844. The molecule has 19 heavy (non-hydrogen) atoms. The average molecular weight is 265 g/mol. The first-order valence-corrected chi connectivity index (χ1v) is 6.96. The van der Waals surface area contributed by atoms with Crippen molar-refractivity contribution in [2.24, 2.45) is 5.84 Å². The molecule has 1 aliphatic rings. The zero-order chi connectivity index (χ0) is 13.9. The van der Waals surface area contributed by atoms with E-state index in [0.29, 0.717) is 0 Å². The molecular weight excluding hydrogens is 241 g/mol. The lowest BCUT2D eigenvalue weighted by molar-refractivity contribution is 0.104. The molecule has 0 radical (unpaired) electrons. The van der Waals surface area contributed by atoms with Crippen LogP contribution in [0.3, 0.4) is 0 Å². The lowest BCUT2D eigenvalue weighted by Crippen LogP contribution is -2.60. The van der Waals surface area contributed by atoms with Gasteiger partial charge in [0.05, 0.1) is 0 Å². The molecule has 4 heteroatoms. The van der Waals surface area contributed by atoms with Gasteiger partial charge >= 0.3 is 0 Å². The molecule has 1 fully saturated rings. The second-order valence-corrected chi connectivity index (χ2v) is 5.76. The number of likely N-dealkylation sites (N-methyl/N-ethyl adjacent to an activating group) is 1. The Bertz CT molecular complexity index is 414. The number of nitrogens with two attached hydrogens (primary N) is 1. The third-order valence-electron chi connectivity index (χ3n) is 4.54. The van der Waals surface area contributed by atoms with Crippen LogP contribution in [0.5, 0.6) is 0 Å². The van der Waals surface area contributed by atoms with Crippen LogP contribution in [0.4, 0.5) is 4.39 Å². The van der Waals surface area contributed by atoms with Gasteiger partial charge in [0.2, 0.25) is 0 Å². The van der Waals surface area contributed by atoms with Crippen molar-refractivity contribution in [3.8, 4) is 0 Å². The highest BCUT2D eigenvalue weighted by Gasteiger charge is 2.42. The van der Waals surface area contributed by atoms with Crippen LogP contribution in [0.1, 0.15) is 31.2 Å². The molecule has 0 heterocycles. The van der Waals surface area contributed by atoms with E-state index in [-0.39, 0.29) is 17.4 Å². The highest BCUT2D eigenvalue weighted by molar-refractivity contribution is 5.19. The Morgan fingerprint density at radius 2 is 2.05 bits per heavy atom. The molecule has 0 aromatic heterocycles. The van der Waals surface area contributed by atoms with E-state index in [1.165, 1.54) is 18.9 Å². The second-order valence-electron chi connectivity index (χ2n) is 5.76. The molecule has 106 valence electrons. The molecule has 3 nitrogen and oxygen atoms in total. The van der Waals surface area contributed by atoms with Crippen molar-refractivity contribution in [2.75, 3.05) is 14.1 Å². The van der Waals surface area contributed by atoms with Gasteiger partial charge in [0.1, 0.15) is 5.82 Å². The summed E-state index contributed by atoms with van der Waals surface area (Å²) in [6, 6.07) is 6.95. The van der Waals surface area contributed by atoms with Gasteiger partial charge in [-0.05, 0) is 51.1 Å². The number of hydrogen-bond acceptors (Lipinski definition) is 3. The summed E-state index contributed by atoms with van der Waals surface area (Å²) in [5.41, 5.74) is 4.05. The average Bonchev–Trinajstić information content (AvgIpc) is 2.86. The molecule has 1 aliphatic carbocycles. The topological polar surface area (TPSA) is 41.3 Å². The Balaban J connectivity index is 2.19. The molecule has 2 rings (SSSR count). The molecule has 0 amide bonds. The standard InChI is InChI=1S/C15H24FN3/c1-19(2)15(8-3-4-9-15)14(18-17)11-12-6-5-7-13(16)10-12/h5-7,10,14,18H,3-4,8-9,11,17H2,1-2H3. The van der Waals surface area contributed by atoms with Crippen LogP contribution < -0.4 is 11.3 Å². The van der Waals surface area contributed by atoms with Gasteiger partial charge in [0.15, 0.2) is 0 Å². The van der Waals surface area contributed by atoms with Crippen molar-refractivity contribution in [1.29, 1.82) is 0 Å². The van der Waals surface area contributed by atoms with Gasteiger partial charge in [-0.15, -0.1) is 0 Å². The van der Waals surface area contributed by atoms with Gasteiger partial charge in [-0.2, -0.15) is 0 Å². The first-order chi connectivity index (χ1) is 9.08. The van der Waals surface area contributed by atoms with Crippen molar-refractivity contribution in [1.82, 2.24) is 10.3 Å². The molecule has 0 saturated heterocycles. The molecule has 1 saturated carbocycles. The summed E-state index contributed by atoms with van der Waals surface area (Å²) >= 11 is 0. The van der Waals surface area contributed by atoms with E-state index in [2.05, 4.69) is 24.4 Å². The van der Waals surface area contributed by atoms with E-state index in [4.69, 9.17) is 5.84 Å². The number of benzene rings is 1. The fraction of sp³-hybridized carbons (Fsp3) is 0.600. The Kier molecular flexibility index (Phi) is 4.55. The zero-order valence-corrected chi connectivity index (χ0v) is 11.8. The van der Waals surface area contributed by atoms with Gasteiger partial charge in [-0.25, -0.2) is 4.39 Å². The highest BCUT2D eigenvalue weighted by Crippen LogP contribution is 2.37. The van der Waals surface area contributed by atoms with Gasteiger partial charge in [0, 0.05) is 11.6 Å². The lowest BCUT2D eigenvalue weighted by atomic mass is 9.83. The number of nitrogens with zero attached hydrogens (tertiary/aromatic N) is 1. The van der Waals surface area contributed by atoms with Crippen LogP contribution in [-0.2, 0) is 6.42 Å². The molecule has 0 spiro atoms. The van der Waals surface area contributed by atoms with Crippen molar-refractivity contribution in [3.05, 3.63) is 35.6 Å². The van der Waals surface area contributed by atoms with E-state index >= 15 is 0 Å². The molecule has 3 N–H and O–H groups in total. The predicted octanol–water partition coefficient (Wildman–Crippen LogP) is 2.07. The maximum absolute atomic E-state index is 13.3. The Morgan fingerprint density at radius 3 is 2.58 bits per heavy atom. The van der Waals surface area contributed by atoms with Crippen molar-refractivity contribution >= 4 is 0 Å². The summed E-state index contributed by atoms with van der Waals surface area (Å²) in [6.07, 6.45) is 5.51. The van der Waals surface area contributed by atoms with E-state index in [9.17, 15) is 4.39 Å². The molecule has 0 bridgehead atoms. The Morgan fingerprint density at radius 1 is 1.37 bits per heavy atom.